The Morgan fingerprint density at radius 2 is 1.67 bits per heavy atom. The summed E-state index contributed by atoms with van der Waals surface area (Å²) in [5.41, 5.74) is -2.37. The molecule has 15 heavy (non-hydrogen) atoms. The minimum Gasteiger partial charge on any atom is -0.362 e. The van der Waals surface area contributed by atoms with Crippen molar-refractivity contribution < 1.29 is 24.3 Å². The molecule has 0 saturated carbocycles. The Kier molecular flexibility index (Phi) is 1.87. The highest BCUT2D eigenvalue weighted by Crippen LogP contribution is 2.28. The Morgan fingerprint density at radius 1 is 1.13 bits per heavy atom. The molecule has 2 rings (SSSR count). The summed E-state index contributed by atoms with van der Waals surface area (Å²) in [4.78, 5) is 45.0. The van der Waals surface area contributed by atoms with Crippen LogP contribution in [0.1, 0.15) is 19.3 Å². The number of carbonyl (C=O) groups is 4. The number of amides is 4. The molecule has 7 heteroatoms. The third-order valence-electron chi connectivity index (χ3n) is 2.39. The predicted molar refractivity (Wildman–Crippen MR) is 42.8 cm³/mol. The van der Waals surface area contributed by atoms with Gasteiger partial charge >= 0.3 is 5.91 Å². The number of imide groups is 2. The van der Waals surface area contributed by atoms with Gasteiger partial charge in [0.25, 0.3) is 5.91 Å². The van der Waals surface area contributed by atoms with Crippen molar-refractivity contribution in [2.24, 2.45) is 0 Å². The average Bonchev–Trinajstić information content (AvgIpc) is 2.56. The van der Waals surface area contributed by atoms with Crippen molar-refractivity contribution in [3.63, 3.8) is 0 Å². The highest BCUT2D eigenvalue weighted by Gasteiger charge is 2.56. The molecule has 2 saturated heterocycles. The van der Waals surface area contributed by atoms with Crippen LogP contribution in [0.15, 0.2) is 0 Å². The maximum Gasteiger partial charge on any atom is 0.303 e. The number of rotatable bonds is 1. The molecule has 0 aromatic heterocycles. The number of carbonyl (C=O) groups excluding carboxylic acids is 4. The highest BCUT2D eigenvalue weighted by molar-refractivity contribution is 6.13. The fraction of sp³-hybridized carbons (Fsp3) is 0.500. The van der Waals surface area contributed by atoms with E-state index in [-0.39, 0.29) is 12.8 Å². The quantitative estimate of drug-likeness (QED) is 0.499. The zero-order chi connectivity index (χ0) is 11.2. The van der Waals surface area contributed by atoms with Gasteiger partial charge in [-0.2, -0.15) is 5.32 Å². The van der Waals surface area contributed by atoms with Gasteiger partial charge in [0.1, 0.15) is 0 Å². The van der Waals surface area contributed by atoms with Crippen LogP contribution in [-0.2, 0) is 19.2 Å². The lowest BCUT2D eigenvalue weighted by molar-refractivity contribution is -0.173. The van der Waals surface area contributed by atoms with Crippen molar-refractivity contribution in [2.75, 3.05) is 0 Å². The van der Waals surface area contributed by atoms with Crippen molar-refractivity contribution in [1.29, 1.82) is 0 Å². The second-order valence-electron chi connectivity index (χ2n) is 3.43. The van der Waals surface area contributed by atoms with Crippen LogP contribution in [0.5, 0.6) is 0 Å². The zero-order valence-corrected chi connectivity index (χ0v) is 7.60. The van der Waals surface area contributed by atoms with Gasteiger partial charge in [-0.05, 0) is 0 Å². The molecule has 0 aromatic carbocycles. The van der Waals surface area contributed by atoms with Gasteiger partial charge in [-0.1, -0.05) is 0 Å². The van der Waals surface area contributed by atoms with E-state index in [4.69, 9.17) is 0 Å². The molecule has 0 aromatic rings. The summed E-state index contributed by atoms with van der Waals surface area (Å²) >= 11 is 0. The first-order valence-corrected chi connectivity index (χ1v) is 4.32. The Balaban J connectivity index is 2.37. The van der Waals surface area contributed by atoms with Crippen molar-refractivity contribution in [3.8, 4) is 0 Å². The fourth-order valence-electron chi connectivity index (χ4n) is 1.69. The molecule has 1 atom stereocenters. The van der Waals surface area contributed by atoms with Gasteiger partial charge in [0.2, 0.25) is 17.5 Å². The number of likely N-dealkylation sites (tertiary alicyclic amines) is 1. The maximum absolute atomic E-state index is 11.3. The molecule has 4 amide bonds. The Morgan fingerprint density at radius 3 is 2.07 bits per heavy atom. The number of aliphatic hydroxyl groups is 1. The molecule has 2 aliphatic heterocycles. The smallest absolute Gasteiger partial charge is 0.303 e. The summed E-state index contributed by atoms with van der Waals surface area (Å²) in [6, 6.07) is 0. The molecule has 2 fully saturated rings. The Labute approximate surface area is 84.0 Å². The van der Waals surface area contributed by atoms with Crippen LogP contribution < -0.4 is 5.32 Å². The van der Waals surface area contributed by atoms with E-state index in [9.17, 15) is 24.3 Å². The van der Waals surface area contributed by atoms with Crippen LogP contribution in [0.4, 0.5) is 0 Å². The van der Waals surface area contributed by atoms with E-state index in [1.807, 2.05) is 0 Å². The lowest BCUT2D eigenvalue weighted by atomic mass is 10.1. The average molecular weight is 211 g/mol. The maximum atomic E-state index is 11.3. The van der Waals surface area contributed by atoms with Crippen LogP contribution in [0.3, 0.4) is 0 Å². The number of hydrogen-bond donors (Lipinski definition) is 1. The molecule has 0 aliphatic carbocycles. The lowest BCUT2D eigenvalue weighted by Gasteiger charge is -2.27. The van der Waals surface area contributed by atoms with Crippen molar-refractivity contribution in [1.82, 2.24) is 10.2 Å². The van der Waals surface area contributed by atoms with E-state index in [0.29, 0.717) is 4.90 Å². The van der Waals surface area contributed by atoms with Gasteiger partial charge in [0, 0.05) is 12.8 Å². The van der Waals surface area contributed by atoms with E-state index < -0.39 is 35.8 Å². The third kappa shape index (κ3) is 1.23. The molecule has 1 unspecified atom stereocenters. The molecule has 2 aliphatic rings. The van der Waals surface area contributed by atoms with E-state index in [1.165, 1.54) is 0 Å². The largest absolute Gasteiger partial charge is 0.362 e. The van der Waals surface area contributed by atoms with Crippen LogP contribution >= 0.6 is 0 Å². The summed E-state index contributed by atoms with van der Waals surface area (Å²) in [6.07, 6.45) is -0.742. The first-order chi connectivity index (χ1) is 6.95. The molecule has 1 radical (unpaired) electrons. The normalized spacial score (nSPS) is 31.4. The first kappa shape index (κ1) is 9.78. The molecule has 79 valence electrons. The summed E-state index contributed by atoms with van der Waals surface area (Å²) in [5.74, 6) is -3.27. The van der Waals surface area contributed by atoms with Gasteiger partial charge in [-0.25, -0.2) is 4.90 Å². The van der Waals surface area contributed by atoms with Crippen molar-refractivity contribution in [3.05, 3.63) is 0 Å². The molecule has 1 N–H and O–H groups in total. The van der Waals surface area contributed by atoms with Crippen molar-refractivity contribution >= 4 is 23.6 Å². The zero-order valence-electron chi connectivity index (χ0n) is 7.60. The van der Waals surface area contributed by atoms with E-state index in [0.717, 1.165) is 0 Å². The van der Waals surface area contributed by atoms with Gasteiger partial charge < -0.3 is 5.11 Å². The lowest BCUT2D eigenvalue weighted by Crippen LogP contribution is -2.55. The SMILES string of the molecule is O=C1CC(O)(N2C(=O)CCC2=O)C(=O)[N]1. The second kappa shape index (κ2) is 2.86. The standard InChI is InChI=1S/C8H7N2O5/c11-4-3-8(15,7(14)9-4)10-5(12)1-2-6(10)13/h15H,1-3H2. The van der Waals surface area contributed by atoms with Crippen molar-refractivity contribution in [2.45, 2.75) is 25.0 Å². The summed E-state index contributed by atoms with van der Waals surface area (Å²) in [5, 5.41) is 12.8. The molecule has 0 spiro atoms. The van der Waals surface area contributed by atoms with Gasteiger partial charge in [0.05, 0.1) is 6.42 Å². The van der Waals surface area contributed by atoms with Gasteiger partial charge in [0.15, 0.2) is 0 Å². The minimum absolute atomic E-state index is 0.0530. The van der Waals surface area contributed by atoms with E-state index in [2.05, 4.69) is 5.32 Å². The molecular weight excluding hydrogens is 204 g/mol. The fourth-order valence-corrected chi connectivity index (χ4v) is 1.69. The van der Waals surface area contributed by atoms with Crippen LogP contribution in [0, 0.1) is 0 Å². The summed E-state index contributed by atoms with van der Waals surface area (Å²) in [6.45, 7) is 0. The minimum atomic E-state index is -2.37. The van der Waals surface area contributed by atoms with Crippen LogP contribution in [-0.4, -0.2) is 39.4 Å². The monoisotopic (exact) mass is 211 g/mol. The molecule has 2 heterocycles. The molecule has 7 nitrogen and oxygen atoms in total. The number of hydrogen-bond acceptors (Lipinski definition) is 5. The third-order valence-corrected chi connectivity index (χ3v) is 2.39. The predicted octanol–water partition coefficient (Wildman–Crippen LogP) is -2.11. The first-order valence-electron chi connectivity index (χ1n) is 4.32. The van der Waals surface area contributed by atoms with Crippen LogP contribution in [0.25, 0.3) is 0 Å². The van der Waals surface area contributed by atoms with Gasteiger partial charge in [-0.3, -0.25) is 19.2 Å². The number of nitrogens with zero attached hydrogens (tertiary/aromatic N) is 2. The Hall–Kier alpha value is -1.76. The van der Waals surface area contributed by atoms with Crippen LogP contribution in [0.2, 0.25) is 0 Å². The molecule has 0 bridgehead atoms. The topological polar surface area (TPSA) is 106 Å². The summed E-state index contributed by atoms with van der Waals surface area (Å²) in [7, 11) is 0. The van der Waals surface area contributed by atoms with Gasteiger partial charge in [-0.15, -0.1) is 0 Å². The highest BCUT2D eigenvalue weighted by atomic mass is 16.3. The molecular formula is C8H7N2O5. The van der Waals surface area contributed by atoms with E-state index >= 15 is 0 Å². The second-order valence-corrected chi connectivity index (χ2v) is 3.43. The Bertz CT molecular complexity index is 374. The summed E-state index contributed by atoms with van der Waals surface area (Å²) < 4.78 is 0. The van der Waals surface area contributed by atoms with E-state index in [1.54, 1.807) is 0 Å².